The monoisotopic (exact) mass is 252 g/mol. The molecule has 0 bridgehead atoms. The molecular formula is C15H28N2O. The fourth-order valence-corrected chi connectivity index (χ4v) is 2.39. The summed E-state index contributed by atoms with van der Waals surface area (Å²) < 4.78 is 0. The Morgan fingerprint density at radius 1 is 1.39 bits per heavy atom. The quantitative estimate of drug-likeness (QED) is 0.761. The summed E-state index contributed by atoms with van der Waals surface area (Å²) in [6.45, 7) is 11.4. The van der Waals surface area contributed by atoms with Crippen molar-refractivity contribution < 1.29 is 4.79 Å². The number of amides is 1. The summed E-state index contributed by atoms with van der Waals surface area (Å²) in [6, 6.07) is 0.373. The van der Waals surface area contributed by atoms with Gasteiger partial charge in [-0.15, -0.1) is 0 Å². The van der Waals surface area contributed by atoms with Crippen molar-refractivity contribution in [2.24, 2.45) is 17.3 Å². The Balaban J connectivity index is 2.52. The van der Waals surface area contributed by atoms with Crippen molar-refractivity contribution in [2.75, 3.05) is 20.6 Å². The van der Waals surface area contributed by atoms with Gasteiger partial charge in [-0.05, 0) is 46.2 Å². The summed E-state index contributed by atoms with van der Waals surface area (Å²) >= 11 is 0. The van der Waals surface area contributed by atoms with Crippen LogP contribution < -0.4 is 5.32 Å². The van der Waals surface area contributed by atoms with Gasteiger partial charge in [0, 0.05) is 12.6 Å². The van der Waals surface area contributed by atoms with E-state index in [1.54, 1.807) is 0 Å². The first-order valence-corrected chi connectivity index (χ1v) is 6.77. The van der Waals surface area contributed by atoms with Crippen molar-refractivity contribution >= 4 is 5.91 Å². The summed E-state index contributed by atoms with van der Waals surface area (Å²) in [6.07, 6.45) is 2.24. The van der Waals surface area contributed by atoms with Crippen LogP contribution in [0.3, 0.4) is 0 Å². The lowest BCUT2D eigenvalue weighted by Crippen LogP contribution is -2.39. The van der Waals surface area contributed by atoms with E-state index in [1.165, 1.54) is 5.57 Å². The molecule has 0 aromatic carbocycles. The Bertz CT molecular complexity index is 340. The van der Waals surface area contributed by atoms with Gasteiger partial charge in [0.1, 0.15) is 0 Å². The van der Waals surface area contributed by atoms with Gasteiger partial charge >= 0.3 is 0 Å². The third kappa shape index (κ3) is 3.35. The number of allylic oxidation sites excluding steroid dienone is 2. The largest absolute Gasteiger partial charge is 0.354 e. The zero-order valence-electron chi connectivity index (χ0n) is 12.9. The molecule has 0 aromatic rings. The highest BCUT2D eigenvalue weighted by Gasteiger charge is 2.60. The second kappa shape index (κ2) is 5.43. The zero-order chi connectivity index (χ0) is 14.1. The van der Waals surface area contributed by atoms with Crippen molar-refractivity contribution in [2.45, 2.75) is 40.7 Å². The summed E-state index contributed by atoms with van der Waals surface area (Å²) in [7, 11) is 4.06. The van der Waals surface area contributed by atoms with Gasteiger partial charge in [-0.25, -0.2) is 0 Å². The molecule has 1 aliphatic carbocycles. The normalized spacial score (nSPS) is 26.7. The van der Waals surface area contributed by atoms with Crippen molar-refractivity contribution in [1.29, 1.82) is 0 Å². The van der Waals surface area contributed by atoms with E-state index in [9.17, 15) is 4.79 Å². The molecule has 0 radical (unpaired) electrons. The number of nitrogens with one attached hydrogen (secondary N) is 1. The average Bonchev–Trinajstić information content (AvgIpc) is 2.75. The minimum absolute atomic E-state index is 0.114. The van der Waals surface area contributed by atoms with Crippen LogP contribution in [-0.4, -0.2) is 37.5 Å². The maximum Gasteiger partial charge on any atom is 0.224 e. The Hall–Kier alpha value is -0.830. The number of nitrogens with zero attached hydrogens (tertiary/aromatic N) is 1. The van der Waals surface area contributed by atoms with Crippen LogP contribution in [0.4, 0.5) is 0 Å². The van der Waals surface area contributed by atoms with Crippen molar-refractivity contribution in [3.8, 4) is 0 Å². The molecule has 104 valence electrons. The maximum atomic E-state index is 12.2. The molecule has 1 amide bonds. The lowest BCUT2D eigenvalue weighted by atomic mass is 10.1. The SMILES string of the molecule is CC(C)=C[C@@H]1[C@@H](C(=O)NC[C@H](C)N(C)C)C1(C)C. The third-order valence-corrected chi connectivity index (χ3v) is 4.16. The minimum atomic E-state index is 0.114. The fourth-order valence-electron chi connectivity index (χ4n) is 2.39. The van der Waals surface area contributed by atoms with E-state index in [1.807, 2.05) is 14.1 Å². The first-order valence-electron chi connectivity index (χ1n) is 6.77. The third-order valence-electron chi connectivity index (χ3n) is 4.16. The summed E-state index contributed by atoms with van der Waals surface area (Å²) in [5.74, 6) is 0.745. The standard InChI is InChI=1S/C15H28N2O/c1-10(2)8-12-13(15(12,4)5)14(18)16-9-11(3)17(6)7/h8,11-13H,9H2,1-7H3,(H,16,18)/t11-,12+,13-/m0/s1. The molecule has 0 unspecified atom stereocenters. The van der Waals surface area contributed by atoms with Gasteiger partial charge in [0.25, 0.3) is 0 Å². The molecule has 1 fully saturated rings. The minimum Gasteiger partial charge on any atom is -0.354 e. The van der Waals surface area contributed by atoms with Crippen molar-refractivity contribution in [3.63, 3.8) is 0 Å². The first-order chi connectivity index (χ1) is 8.17. The van der Waals surface area contributed by atoms with Crippen LogP contribution in [-0.2, 0) is 4.79 Å². The molecule has 3 atom stereocenters. The van der Waals surface area contributed by atoms with Gasteiger partial charge in [-0.3, -0.25) is 4.79 Å². The van der Waals surface area contributed by atoms with Gasteiger partial charge in [0.15, 0.2) is 0 Å². The molecule has 1 N–H and O–H groups in total. The Morgan fingerprint density at radius 3 is 2.39 bits per heavy atom. The summed E-state index contributed by atoms with van der Waals surface area (Å²) in [5, 5.41) is 3.07. The van der Waals surface area contributed by atoms with Gasteiger partial charge in [0.2, 0.25) is 5.91 Å². The number of likely N-dealkylation sites (N-methyl/N-ethyl adjacent to an activating group) is 1. The van der Waals surface area contributed by atoms with Crippen LogP contribution in [0.15, 0.2) is 11.6 Å². The molecule has 3 heteroatoms. The average molecular weight is 252 g/mol. The van der Waals surface area contributed by atoms with Crippen LogP contribution in [0, 0.1) is 17.3 Å². The van der Waals surface area contributed by atoms with Crippen LogP contribution in [0.5, 0.6) is 0 Å². The number of carbonyl (C=O) groups excluding carboxylic acids is 1. The Kier molecular flexibility index (Phi) is 4.60. The molecule has 1 saturated carbocycles. The molecular weight excluding hydrogens is 224 g/mol. The summed E-state index contributed by atoms with van der Waals surface area (Å²) in [4.78, 5) is 14.3. The molecule has 18 heavy (non-hydrogen) atoms. The molecule has 1 rings (SSSR count). The van der Waals surface area contributed by atoms with Crippen LogP contribution >= 0.6 is 0 Å². The molecule has 0 heterocycles. The lowest BCUT2D eigenvalue weighted by molar-refractivity contribution is -0.123. The summed E-state index contributed by atoms with van der Waals surface area (Å²) in [5.41, 5.74) is 1.41. The molecule has 0 aromatic heterocycles. The maximum absolute atomic E-state index is 12.2. The van der Waals surface area contributed by atoms with E-state index in [0.29, 0.717) is 12.0 Å². The topological polar surface area (TPSA) is 32.3 Å². The smallest absolute Gasteiger partial charge is 0.224 e. The second-order valence-corrected chi connectivity index (χ2v) is 6.63. The van der Waals surface area contributed by atoms with Gasteiger partial charge in [-0.2, -0.15) is 0 Å². The highest BCUT2D eigenvalue weighted by molar-refractivity contribution is 5.83. The molecule has 0 spiro atoms. The Morgan fingerprint density at radius 2 is 1.94 bits per heavy atom. The van der Waals surface area contributed by atoms with E-state index < -0.39 is 0 Å². The molecule has 1 aliphatic rings. The van der Waals surface area contributed by atoms with Crippen LogP contribution in [0.25, 0.3) is 0 Å². The first kappa shape index (κ1) is 15.2. The van der Waals surface area contributed by atoms with Gasteiger partial charge in [-0.1, -0.05) is 25.5 Å². The number of hydrogen-bond donors (Lipinski definition) is 1. The fraction of sp³-hybridized carbons (Fsp3) is 0.800. The predicted octanol–water partition coefficient (Wildman–Crippen LogP) is 2.29. The van der Waals surface area contributed by atoms with E-state index >= 15 is 0 Å². The number of hydrogen-bond acceptors (Lipinski definition) is 2. The highest BCUT2D eigenvalue weighted by Crippen LogP contribution is 2.59. The lowest BCUT2D eigenvalue weighted by Gasteiger charge is -2.20. The van der Waals surface area contributed by atoms with Crippen molar-refractivity contribution in [3.05, 3.63) is 11.6 Å². The van der Waals surface area contributed by atoms with Gasteiger partial charge in [0.05, 0.1) is 5.92 Å². The van der Waals surface area contributed by atoms with E-state index in [4.69, 9.17) is 0 Å². The highest BCUT2D eigenvalue weighted by atomic mass is 16.2. The molecule has 3 nitrogen and oxygen atoms in total. The zero-order valence-corrected chi connectivity index (χ0v) is 12.9. The van der Waals surface area contributed by atoms with Crippen LogP contribution in [0.1, 0.15) is 34.6 Å². The Labute approximate surface area is 112 Å². The number of carbonyl (C=O) groups is 1. The molecule has 0 saturated heterocycles. The van der Waals surface area contributed by atoms with Gasteiger partial charge < -0.3 is 10.2 Å². The van der Waals surface area contributed by atoms with E-state index in [2.05, 4.69) is 50.9 Å². The van der Waals surface area contributed by atoms with E-state index in [0.717, 1.165) is 6.54 Å². The second-order valence-electron chi connectivity index (χ2n) is 6.63. The molecule has 0 aliphatic heterocycles. The predicted molar refractivity (Wildman–Crippen MR) is 76.4 cm³/mol. The number of rotatable bonds is 5. The van der Waals surface area contributed by atoms with Crippen LogP contribution in [0.2, 0.25) is 0 Å². The van der Waals surface area contributed by atoms with E-state index in [-0.39, 0.29) is 17.2 Å². The van der Waals surface area contributed by atoms with Crippen molar-refractivity contribution in [1.82, 2.24) is 10.2 Å².